The predicted octanol–water partition coefficient (Wildman–Crippen LogP) is 1.01. The molecule has 1 aromatic heterocycles. The second-order valence-corrected chi connectivity index (χ2v) is 5.41. The van der Waals surface area contributed by atoms with Gasteiger partial charge < -0.3 is 10.5 Å². The highest BCUT2D eigenvalue weighted by molar-refractivity contribution is 7.92. The van der Waals surface area contributed by atoms with Gasteiger partial charge in [-0.15, -0.1) is 0 Å². The van der Waals surface area contributed by atoms with Gasteiger partial charge in [-0.05, 0) is 12.1 Å². The Morgan fingerprint density at radius 2 is 1.95 bits per heavy atom. The number of benzene rings is 1. The van der Waals surface area contributed by atoms with E-state index in [-0.39, 0.29) is 22.3 Å². The van der Waals surface area contributed by atoms with Crippen molar-refractivity contribution in [3.8, 4) is 5.75 Å². The van der Waals surface area contributed by atoms with Crippen molar-refractivity contribution in [2.45, 2.75) is 4.90 Å². The Balaban J connectivity index is 2.30. The Kier molecular flexibility index (Phi) is 3.70. The van der Waals surface area contributed by atoms with E-state index in [1.807, 2.05) is 0 Å². The number of methoxy groups -OCH3 is 1. The van der Waals surface area contributed by atoms with Crippen LogP contribution in [-0.2, 0) is 10.0 Å². The maximum Gasteiger partial charge on any atom is 0.264 e. The van der Waals surface area contributed by atoms with Gasteiger partial charge in [0.1, 0.15) is 4.90 Å². The molecule has 1 aromatic carbocycles. The topological polar surface area (TPSA) is 107 Å². The van der Waals surface area contributed by atoms with E-state index >= 15 is 0 Å². The van der Waals surface area contributed by atoms with Crippen LogP contribution in [-0.4, -0.2) is 25.5 Å². The first-order valence-corrected chi connectivity index (χ1v) is 6.84. The third-order valence-corrected chi connectivity index (χ3v) is 3.70. The molecule has 9 heteroatoms. The Bertz CT molecular complexity index is 719. The fourth-order valence-electron chi connectivity index (χ4n) is 1.40. The van der Waals surface area contributed by atoms with Crippen molar-refractivity contribution in [3.63, 3.8) is 0 Å². The molecule has 106 valence electrons. The Hall–Kier alpha value is -2.42. The molecule has 0 aliphatic heterocycles. The first kappa shape index (κ1) is 14.0. The van der Waals surface area contributed by atoms with Crippen LogP contribution < -0.4 is 15.2 Å². The molecule has 0 fully saturated rings. The lowest BCUT2D eigenvalue weighted by Crippen LogP contribution is -2.14. The monoisotopic (exact) mass is 298 g/mol. The number of hydrogen-bond donors (Lipinski definition) is 2. The molecule has 0 atom stereocenters. The molecule has 0 spiro atoms. The van der Waals surface area contributed by atoms with E-state index in [1.54, 1.807) is 0 Å². The highest BCUT2D eigenvalue weighted by Gasteiger charge is 2.16. The minimum absolute atomic E-state index is 0.0348. The minimum Gasteiger partial charge on any atom is -0.494 e. The third-order valence-electron chi connectivity index (χ3n) is 2.36. The molecule has 0 amide bonds. The summed E-state index contributed by atoms with van der Waals surface area (Å²) in [6.45, 7) is 0. The van der Waals surface area contributed by atoms with Crippen LogP contribution in [0.5, 0.6) is 5.75 Å². The van der Waals surface area contributed by atoms with Gasteiger partial charge in [-0.2, -0.15) is 0 Å². The normalized spacial score (nSPS) is 11.1. The number of nitrogen functional groups attached to an aromatic ring is 1. The van der Waals surface area contributed by atoms with Gasteiger partial charge in [0.15, 0.2) is 11.6 Å². The van der Waals surface area contributed by atoms with Crippen LogP contribution in [0.1, 0.15) is 0 Å². The number of nitrogens with one attached hydrogen (secondary N) is 1. The van der Waals surface area contributed by atoms with Gasteiger partial charge in [-0.3, -0.25) is 4.72 Å². The van der Waals surface area contributed by atoms with Crippen LogP contribution in [0.25, 0.3) is 0 Å². The molecule has 2 rings (SSSR count). The molecular weight excluding hydrogens is 287 g/mol. The van der Waals surface area contributed by atoms with E-state index < -0.39 is 15.8 Å². The summed E-state index contributed by atoms with van der Waals surface area (Å²) in [5.41, 5.74) is 5.43. The second kappa shape index (κ2) is 5.29. The number of rotatable bonds is 4. The lowest BCUT2D eigenvalue weighted by atomic mass is 10.3. The van der Waals surface area contributed by atoms with E-state index in [9.17, 15) is 12.8 Å². The number of nitrogens with zero attached hydrogens (tertiary/aromatic N) is 2. The molecule has 0 radical (unpaired) electrons. The minimum atomic E-state index is -3.88. The number of hydrogen-bond acceptors (Lipinski definition) is 6. The third kappa shape index (κ3) is 2.94. The number of halogens is 1. The largest absolute Gasteiger partial charge is 0.494 e. The molecule has 0 unspecified atom stereocenters. The van der Waals surface area contributed by atoms with E-state index in [4.69, 9.17) is 10.5 Å². The SMILES string of the molecule is COc1cc(NS(=O)(=O)c2cnc(N)nc2)ccc1F. The summed E-state index contributed by atoms with van der Waals surface area (Å²) >= 11 is 0. The van der Waals surface area contributed by atoms with Crippen molar-refractivity contribution in [1.29, 1.82) is 0 Å². The fourth-order valence-corrected chi connectivity index (χ4v) is 2.34. The molecule has 3 N–H and O–H groups in total. The number of aromatic nitrogens is 2. The first-order chi connectivity index (χ1) is 9.42. The van der Waals surface area contributed by atoms with Crippen LogP contribution in [0.15, 0.2) is 35.5 Å². The van der Waals surface area contributed by atoms with Gasteiger partial charge in [-0.1, -0.05) is 0 Å². The Morgan fingerprint density at radius 1 is 1.30 bits per heavy atom. The molecular formula is C11H11FN4O3S. The molecule has 2 aromatic rings. The maximum absolute atomic E-state index is 13.2. The average molecular weight is 298 g/mol. The number of sulfonamides is 1. The molecule has 7 nitrogen and oxygen atoms in total. The number of ether oxygens (including phenoxy) is 1. The van der Waals surface area contributed by atoms with E-state index in [0.717, 1.165) is 18.5 Å². The smallest absolute Gasteiger partial charge is 0.264 e. The van der Waals surface area contributed by atoms with Gasteiger partial charge in [0.25, 0.3) is 10.0 Å². The van der Waals surface area contributed by atoms with E-state index in [1.165, 1.54) is 19.2 Å². The lowest BCUT2D eigenvalue weighted by molar-refractivity contribution is 0.387. The quantitative estimate of drug-likeness (QED) is 0.872. The number of anilines is 2. The van der Waals surface area contributed by atoms with E-state index in [2.05, 4.69) is 14.7 Å². The standard InChI is InChI=1S/C11H11FN4O3S/c1-19-10-4-7(2-3-9(10)12)16-20(17,18)8-5-14-11(13)15-6-8/h2-6,16H,1H3,(H2,13,14,15). The van der Waals surface area contributed by atoms with Gasteiger partial charge in [0.05, 0.1) is 25.2 Å². The average Bonchev–Trinajstić information content (AvgIpc) is 2.41. The summed E-state index contributed by atoms with van der Waals surface area (Å²) < 4.78 is 44.3. The van der Waals surface area contributed by atoms with Crippen LogP contribution in [0, 0.1) is 5.82 Å². The van der Waals surface area contributed by atoms with Gasteiger partial charge in [-0.25, -0.2) is 22.8 Å². The van der Waals surface area contributed by atoms with Crippen molar-refractivity contribution in [2.24, 2.45) is 0 Å². The summed E-state index contributed by atoms with van der Waals surface area (Å²) in [4.78, 5) is 7.04. The zero-order chi connectivity index (χ0) is 14.8. The molecule has 0 saturated carbocycles. The highest BCUT2D eigenvalue weighted by Crippen LogP contribution is 2.23. The molecule has 0 bridgehead atoms. The van der Waals surface area contributed by atoms with Crippen LogP contribution in [0.2, 0.25) is 0 Å². The van der Waals surface area contributed by atoms with Crippen LogP contribution >= 0.6 is 0 Å². The predicted molar refractivity (Wildman–Crippen MR) is 70.2 cm³/mol. The van der Waals surface area contributed by atoms with Gasteiger partial charge in [0, 0.05) is 6.07 Å². The highest BCUT2D eigenvalue weighted by atomic mass is 32.2. The molecule has 20 heavy (non-hydrogen) atoms. The summed E-state index contributed by atoms with van der Waals surface area (Å²) in [7, 11) is -2.59. The van der Waals surface area contributed by atoms with Gasteiger partial charge in [0.2, 0.25) is 5.95 Å². The molecule has 0 aliphatic rings. The Morgan fingerprint density at radius 3 is 2.55 bits per heavy atom. The zero-order valence-corrected chi connectivity index (χ0v) is 11.2. The maximum atomic E-state index is 13.2. The van der Waals surface area contributed by atoms with Gasteiger partial charge >= 0.3 is 0 Å². The van der Waals surface area contributed by atoms with Crippen molar-refractivity contribution in [2.75, 3.05) is 17.6 Å². The number of nitrogens with two attached hydrogens (primary N) is 1. The van der Waals surface area contributed by atoms with Crippen LogP contribution in [0.3, 0.4) is 0 Å². The lowest BCUT2D eigenvalue weighted by Gasteiger charge is -2.09. The second-order valence-electron chi connectivity index (χ2n) is 3.73. The zero-order valence-electron chi connectivity index (χ0n) is 10.4. The molecule has 1 heterocycles. The summed E-state index contributed by atoms with van der Waals surface area (Å²) in [6.07, 6.45) is 2.15. The molecule has 0 aliphatic carbocycles. The van der Waals surface area contributed by atoms with Crippen molar-refractivity contribution in [3.05, 3.63) is 36.4 Å². The van der Waals surface area contributed by atoms with Crippen molar-refractivity contribution in [1.82, 2.24) is 9.97 Å². The summed E-state index contributed by atoms with van der Waals surface area (Å²) in [5.74, 6) is -0.697. The van der Waals surface area contributed by atoms with Crippen molar-refractivity contribution < 1.29 is 17.5 Å². The summed E-state index contributed by atoms with van der Waals surface area (Å²) in [6, 6.07) is 3.59. The molecule has 0 saturated heterocycles. The Labute approximate surface area is 114 Å². The van der Waals surface area contributed by atoms with Crippen LogP contribution in [0.4, 0.5) is 16.0 Å². The fraction of sp³-hybridized carbons (Fsp3) is 0.0909. The first-order valence-electron chi connectivity index (χ1n) is 5.36. The van der Waals surface area contributed by atoms with Crippen molar-refractivity contribution >= 4 is 21.7 Å². The summed E-state index contributed by atoms with van der Waals surface area (Å²) in [5, 5.41) is 0. The van der Waals surface area contributed by atoms with E-state index in [0.29, 0.717) is 0 Å².